The van der Waals surface area contributed by atoms with Gasteiger partial charge in [-0.3, -0.25) is 14.9 Å². The molecule has 13 heteroatoms. The molecule has 178 valence electrons. The van der Waals surface area contributed by atoms with Crippen molar-refractivity contribution in [2.24, 2.45) is 5.73 Å². The number of nitro groups is 1. The van der Waals surface area contributed by atoms with Gasteiger partial charge in [0.25, 0.3) is 11.6 Å². The topological polar surface area (TPSA) is 163 Å². The van der Waals surface area contributed by atoms with Gasteiger partial charge in [-0.25, -0.2) is 8.42 Å². The van der Waals surface area contributed by atoms with Crippen molar-refractivity contribution in [1.29, 1.82) is 0 Å². The number of nitrogens with zero attached hydrogens (tertiary/aromatic N) is 2. The van der Waals surface area contributed by atoms with Gasteiger partial charge in [-0.1, -0.05) is 6.07 Å². The summed E-state index contributed by atoms with van der Waals surface area (Å²) >= 11 is 0. The van der Waals surface area contributed by atoms with Crippen molar-refractivity contribution in [2.45, 2.75) is 11.4 Å². The van der Waals surface area contributed by atoms with Crippen LogP contribution in [0.15, 0.2) is 41.3 Å². The van der Waals surface area contributed by atoms with Crippen molar-refractivity contribution >= 4 is 27.3 Å². The van der Waals surface area contributed by atoms with E-state index in [0.717, 1.165) is 6.07 Å². The van der Waals surface area contributed by atoms with Gasteiger partial charge in [0, 0.05) is 31.8 Å². The fourth-order valence-electron chi connectivity index (χ4n) is 3.20. The number of ether oxygens (including phenoxy) is 3. The summed E-state index contributed by atoms with van der Waals surface area (Å²) in [5.74, 6) is 0.0568. The number of rotatable bonds is 10. The third kappa shape index (κ3) is 5.88. The van der Waals surface area contributed by atoms with Crippen LogP contribution in [0.2, 0.25) is 0 Å². The Morgan fingerprint density at radius 3 is 2.58 bits per heavy atom. The van der Waals surface area contributed by atoms with Crippen LogP contribution in [-0.4, -0.2) is 63.6 Å². The monoisotopic (exact) mass is 480 g/mol. The summed E-state index contributed by atoms with van der Waals surface area (Å²) in [5, 5.41) is 14.3. The third-order valence-electron chi connectivity index (χ3n) is 4.84. The zero-order chi connectivity index (χ0) is 24.0. The van der Waals surface area contributed by atoms with Gasteiger partial charge in [-0.2, -0.15) is 4.31 Å². The first kappa shape index (κ1) is 24.2. The number of anilines is 1. The summed E-state index contributed by atoms with van der Waals surface area (Å²) in [5.41, 5.74) is 5.70. The molecule has 0 saturated carbocycles. The molecule has 2 aromatic carbocycles. The van der Waals surface area contributed by atoms with Gasteiger partial charge in [0.2, 0.25) is 10.0 Å². The number of carbonyl (C=O) groups is 1. The van der Waals surface area contributed by atoms with Crippen LogP contribution in [0.3, 0.4) is 0 Å². The van der Waals surface area contributed by atoms with Crippen LogP contribution < -0.4 is 20.5 Å². The molecule has 1 aliphatic heterocycles. The van der Waals surface area contributed by atoms with Crippen molar-refractivity contribution in [3.63, 3.8) is 0 Å². The molecule has 33 heavy (non-hydrogen) atoms. The predicted octanol–water partition coefficient (Wildman–Crippen LogP) is 1.10. The van der Waals surface area contributed by atoms with E-state index in [1.54, 1.807) is 18.2 Å². The molecule has 0 spiro atoms. The van der Waals surface area contributed by atoms with Crippen molar-refractivity contribution in [3.05, 3.63) is 52.1 Å². The first-order valence-electron chi connectivity index (χ1n) is 9.90. The van der Waals surface area contributed by atoms with Crippen LogP contribution in [0.25, 0.3) is 0 Å². The Bertz CT molecular complexity index is 1130. The molecule has 3 N–H and O–H groups in total. The van der Waals surface area contributed by atoms with E-state index in [9.17, 15) is 23.3 Å². The van der Waals surface area contributed by atoms with Crippen molar-refractivity contribution in [3.8, 4) is 11.5 Å². The van der Waals surface area contributed by atoms with Crippen LogP contribution in [0, 0.1) is 10.1 Å². The Morgan fingerprint density at radius 2 is 1.94 bits per heavy atom. The second-order valence-electron chi connectivity index (χ2n) is 7.05. The minimum absolute atomic E-state index is 0.161. The largest absolute Gasteiger partial charge is 0.493 e. The minimum Gasteiger partial charge on any atom is -0.493 e. The molecule has 0 aliphatic carbocycles. The number of non-ortho nitro benzene ring substituents is 1. The number of methoxy groups -OCH3 is 1. The summed E-state index contributed by atoms with van der Waals surface area (Å²) in [7, 11) is -2.55. The summed E-state index contributed by atoms with van der Waals surface area (Å²) < 4.78 is 43.4. The second-order valence-corrected chi connectivity index (χ2v) is 8.95. The Kier molecular flexibility index (Phi) is 7.68. The molecule has 0 bridgehead atoms. The summed E-state index contributed by atoms with van der Waals surface area (Å²) in [6, 6.07) is 8.61. The quantitative estimate of drug-likeness (QED) is 0.374. The van der Waals surface area contributed by atoms with Crippen LogP contribution in [0.1, 0.15) is 5.56 Å². The van der Waals surface area contributed by atoms with E-state index in [1.165, 1.54) is 23.5 Å². The fraction of sp³-hybridized carbons (Fsp3) is 0.350. The van der Waals surface area contributed by atoms with Gasteiger partial charge >= 0.3 is 0 Å². The van der Waals surface area contributed by atoms with Crippen molar-refractivity contribution in [1.82, 2.24) is 4.31 Å². The highest BCUT2D eigenvalue weighted by Crippen LogP contribution is 2.31. The first-order chi connectivity index (χ1) is 15.7. The molecular formula is C20H24N4O8S. The van der Waals surface area contributed by atoms with E-state index in [1.807, 2.05) is 0 Å². The van der Waals surface area contributed by atoms with Gasteiger partial charge in [0.05, 0.1) is 30.9 Å². The smallest absolute Gasteiger partial charge is 0.270 e. The molecule has 1 saturated heterocycles. The van der Waals surface area contributed by atoms with Crippen molar-refractivity contribution < 1.29 is 32.3 Å². The van der Waals surface area contributed by atoms with Crippen LogP contribution >= 0.6 is 0 Å². The van der Waals surface area contributed by atoms with E-state index >= 15 is 0 Å². The molecule has 1 fully saturated rings. The molecule has 1 heterocycles. The molecule has 0 unspecified atom stereocenters. The molecule has 0 radical (unpaired) electrons. The van der Waals surface area contributed by atoms with Gasteiger partial charge < -0.3 is 25.3 Å². The Labute approximate surface area is 190 Å². The summed E-state index contributed by atoms with van der Waals surface area (Å²) in [6.07, 6.45) is 0. The number of nitrogens with two attached hydrogens (primary N) is 1. The zero-order valence-corrected chi connectivity index (χ0v) is 18.7. The van der Waals surface area contributed by atoms with Crippen molar-refractivity contribution in [2.75, 3.05) is 45.3 Å². The lowest BCUT2D eigenvalue weighted by Gasteiger charge is -2.27. The maximum absolute atomic E-state index is 13.2. The molecular weight excluding hydrogens is 456 g/mol. The molecule has 0 atom stereocenters. The average Bonchev–Trinajstić information content (AvgIpc) is 2.81. The number of nitro benzene ring substituents is 1. The minimum atomic E-state index is -3.99. The highest BCUT2D eigenvalue weighted by atomic mass is 32.2. The number of carbonyl (C=O) groups excluding carboxylic acids is 1. The number of hydrogen-bond acceptors (Lipinski definition) is 9. The van der Waals surface area contributed by atoms with Gasteiger partial charge in [0.15, 0.2) is 18.1 Å². The number of primary amides is 1. The third-order valence-corrected chi connectivity index (χ3v) is 6.78. The van der Waals surface area contributed by atoms with Crippen LogP contribution in [-0.2, 0) is 26.1 Å². The van der Waals surface area contributed by atoms with E-state index in [2.05, 4.69) is 5.32 Å². The van der Waals surface area contributed by atoms with Gasteiger partial charge in [0.1, 0.15) is 4.90 Å². The number of nitrogens with one attached hydrogen (secondary N) is 1. The molecule has 0 aromatic heterocycles. The summed E-state index contributed by atoms with van der Waals surface area (Å²) in [6.45, 7) is 0.708. The highest BCUT2D eigenvalue weighted by molar-refractivity contribution is 7.89. The first-order valence-corrected chi connectivity index (χ1v) is 11.3. The molecule has 1 amide bonds. The van der Waals surface area contributed by atoms with Gasteiger partial charge in [-0.15, -0.1) is 0 Å². The number of benzene rings is 2. The van der Waals surface area contributed by atoms with Crippen LogP contribution in [0.4, 0.5) is 11.4 Å². The van der Waals surface area contributed by atoms with Gasteiger partial charge in [-0.05, 0) is 23.8 Å². The summed E-state index contributed by atoms with van der Waals surface area (Å²) in [4.78, 5) is 21.4. The zero-order valence-electron chi connectivity index (χ0n) is 17.9. The number of hydrogen-bond donors (Lipinski definition) is 2. The lowest BCUT2D eigenvalue weighted by atomic mass is 10.2. The average molecular weight is 480 g/mol. The number of morpholine rings is 1. The SMILES string of the molecule is COc1cc(CNc2ccc([N+](=O)[O-])cc2S(=O)(=O)N2CCOCC2)ccc1OCC(N)=O. The normalized spacial score (nSPS) is 14.5. The van der Waals surface area contributed by atoms with E-state index < -0.39 is 20.9 Å². The molecule has 1 aliphatic rings. The second kappa shape index (κ2) is 10.5. The van der Waals surface area contributed by atoms with E-state index in [-0.39, 0.29) is 55.7 Å². The molecule has 2 aromatic rings. The lowest BCUT2D eigenvalue weighted by molar-refractivity contribution is -0.385. The Balaban J connectivity index is 1.86. The predicted molar refractivity (Wildman–Crippen MR) is 118 cm³/mol. The van der Waals surface area contributed by atoms with Crippen LogP contribution in [0.5, 0.6) is 11.5 Å². The standard InChI is InChI=1S/C20H24N4O8S/c1-30-18-10-14(2-5-17(18)32-13-20(21)25)12-22-16-4-3-15(24(26)27)11-19(16)33(28,29)23-6-8-31-9-7-23/h2-5,10-11,22H,6-9,12-13H2,1H3,(H2,21,25). The maximum Gasteiger partial charge on any atom is 0.270 e. The van der Waals surface area contributed by atoms with E-state index in [4.69, 9.17) is 19.9 Å². The highest BCUT2D eigenvalue weighted by Gasteiger charge is 2.30. The maximum atomic E-state index is 13.2. The molecule has 3 rings (SSSR count). The van der Waals surface area contributed by atoms with E-state index in [0.29, 0.717) is 17.1 Å². The fourth-order valence-corrected chi connectivity index (χ4v) is 4.79. The number of sulfonamides is 1. The Hall–Kier alpha value is -3.42. The molecule has 12 nitrogen and oxygen atoms in total. The number of amides is 1. The Morgan fingerprint density at radius 1 is 1.21 bits per heavy atom. The lowest BCUT2D eigenvalue weighted by Crippen LogP contribution is -2.40.